The number of alkyl halides is 3. The van der Waals surface area contributed by atoms with Crippen molar-refractivity contribution in [3.8, 4) is 0 Å². The van der Waals surface area contributed by atoms with Gasteiger partial charge in [0.15, 0.2) is 5.78 Å². The molecule has 0 fully saturated rings. The number of rotatable bonds is 2. The van der Waals surface area contributed by atoms with Crippen LogP contribution in [0, 0.1) is 5.82 Å². The summed E-state index contributed by atoms with van der Waals surface area (Å²) in [7, 11) is 0. The fraction of sp³-hybridized carbons (Fsp3) is 0.0833. The van der Waals surface area contributed by atoms with Gasteiger partial charge in [0.05, 0.1) is 11.1 Å². The smallest absolute Gasteiger partial charge is 0.288 e. The van der Waals surface area contributed by atoms with Gasteiger partial charge in [-0.2, -0.15) is 13.2 Å². The van der Waals surface area contributed by atoms with Crippen molar-refractivity contribution in [2.24, 2.45) is 0 Å². The maximum absolute atomic E-state index is 13.1. The number of carbonyl (C=O) groups is 1. The van der Waals surface area contributed by atoms with E-state index in [9.17, 15) is 22.4 Å². The maximum atomic E-state index is 13.1. The standard InChI is InChI=1S/C12H6F4N2O/c13-10-2-1-7(3-9(10)12(14,15)16)11(19)8-4-17-6-18-5-8/h1-6H. The SMILES string of the molecule is O=C(c1cncnc1)c1ccc(F)c(C(F)(F)F)c1. The highest BCUT2D eigenvalue weighted by atomic mass is 19.4. The number of halogens is 4. The van der Waals surface area contributed by atoms with E-state index in [0.717, 1.165) is 6.07 Å². The van der Waals surface area contributed by atoms with Crippen LogP contribution in [0.25, 0.3) is 0 Å². The predicted octanol–water partition coefficient (Wildman–Crippen LogP) is 2.87. The molecular formula is C12H6F4N2O. The molecule has 0 saturated carbocycles. The molecule has 19 heavy (non-hydrogen) atoms. The molecule has 3 nitrogen and oxygen atoms in total. The molecule has 7 heteroatoms. The Bertz CT molecular complexity index is 611. The van der Waals surface area contributed by atoms with E-state index in [1.54, 1.807) is 0 Å². The number of carbonyl (C=O) groups excluding carboxylic acids is 1. The fourth-order valence-corrected chi connectivity index (χ4v) is 1.47. The molecule has 0 aliphatic rings. The molecule has 0 radical (unpaired) electrons. The van der Waals surface area contributed by atoms with Crippen LogP contribution in [-0.4, -0.2) is 15.8 Å². The van der Waals surface area contributed by atoms with Gasteiger partial charge in [0.1, 0.15) is 12.1 Å². The highest BCUT2D eigenvalue weighted by Gasteiger charge is 2.34. The van der Waals surface area contributed by atoms with Gasteiger partial charge < -0.3 is 0 Å². The van der Waals surface area contributed by atoms with Crippen LogP contribution < -0.4 is 0 Å². The fourth-order valence-electron chi connectivity index (χ4n) is 1.47. The molecule has 2 rings (SSSR count). The van der Waals surface area contributed by atoms with E-state index >= 15 is 0 Å². The van der Waals surface area contributed by atoms with Crippen LogP contribution in [0.5, 0.6) is 0 Å². The number of benzene rings is 1. The van der Waals surface area contributed by atoms with Gasteiger partial charge in [0, 0.05) is 18.0 Å². The van der Waals surface area contributed by atoms with Gasteiger partial charge in [-0.3, -0.25) is 4.79 Å². The molecule has 0 spiro atoms. The molecule has 1 aromatic carbocycles. The lowest BCUT2D eigenvalue weighted by atomic mass is 10.0. The lowest BCUT2D eigenvalue weighted by Crippen LogP contribution is -2.11. The summed E-state index contributed by atoms with van der Waals surface area (Å²) in [6.45, 7) is 0. The summed E-state index contributed by atoms with van der Waals surface area (Å²) in [5, 5.41) is 0. The van der Waals surface area contributed by atoms with E-state index in [-0.39, 0.29) is 11.1 Å². The van der Waals surface area contributed by atoms with Gasteiger partial charge in [0.2, 0.25) is 0 Å². The average Bonchev–Trinajstić information content (AvgIpc) is 2.38. The van der Waals surface area contributed by atoms with Crippen LogP contribution in [0.1, 0.15) is 21.5 Å². The Morgan fingerprint density at radius 2 is 1.68 bits per heavy atom. The summed E-state index contributed by atoms with van der Waals surface area (Å²) in [6, 6.07) is 2.07. The Morgan fingerprint density at radius 3 is 2.26 bits per heavy atom. The maximum Gasteiger partial charge on any atom is 0.419 e. The van der Waals surface area contributed by atoms with Gasteiger partial charge in [-0.1, -0.05) is 0 Å². The van der Waals surface area contributed by atoms with Crippen molar-refractivity contribution in [1.29, 1.82) is 0 Å². The lowest BCUT2D eigenvalue weighted by molar-refractivity contribution is -0.140. The van der Waals surface area contributed by atoms with E-state index in [1.165, 1.54) is 18.7 Å². The van der Waals surface area contributed by atoms with Crippen molar-refractivity contribution in [3.05, 3.63) is 59.4 Å². The largest absolute Gasteiger partial charge is 0.419 e. The molecule has 0 bridgehead atoms. The molecule has 0 aliphatic heterocycles. The minimum Gasteiger partial charge on any atom is -0.288 e. The van der Waals surface area contributed by atoms with E-state index in [0.29, 0.717) is 12.1 Å². The van der Waals surface area contributed by atoms with Crippen LogP contribution in [0.3, 0.4) is 0 Å². The zero-order valence-corrected chi connectivity index (χ0v) is 9.28. The van der Waals surface area contributed by atoms with Crippen molar-refractivity contribution in [3.63, 3.8) is 0 Å². The topological polar surface area (TPSA) is 42.9 Å². The van der Waals surface area contributed by atoms with Crippen LogP contribution in [0.15, 0.2) is 36.9 Å². The van der Waals surface area contributed by atoms with Crippen molar-refractivity contribution in [2.75, 3.05) is 0 Å². The second-order valence-electron chi connectivity index (χ2n) is 3.65. The van der Waals surface area contributed by atoms with Gasteiger partial charge in [-0.05, 0) is 18.2 Å². The summed E-state index contributed by atoms with van der Waals surface area (Å²) < 4.78 is 50.6. The molecule has 0 saturated heterocycles. The zero-order valence-electron chi connectivity index (χ0n) is 9.28. The van der Waals surface area contributed by atoms with Gasteiger partial charge in [-0.25, -0.2) is 14.4 Å². The first-order valence-corrected chi connectivity index (χ1v) is 5.06. The molecular weight excluding hydrogens is 264 g/mol. The molecule has 1 aromatic heterocycles. The van der Waals surface area contributed by atoms with Crippen molar-refractivity contribution < 1.29 is 22.4 Å². The second-order valence-corrected chi connectivity index (χ2v) is 3.65. The molecule has 98 valence electrons. The number of hydrogen-bond donors (Lipinski definition) is 0. The second kappa shape index (κ2) is 4.75. The lowest BCUT2D eigenvalue weighted by Gasteiger charge is -2.09. The summed E-state index contributed by atoms with van der Waals surface area (Å²) >= 11 is 0. The predicted molar refractivity (Wildman–Crippen MR) is 56.9 cm³/mol. The van der Waals surface area contributed by atoms with Crippen LogP contribution in [-0.2, 0) is 6.18 Å². The van der Waals surface area contributed by atoms with E-state index < -0.39 is 23.3 Å². The van der Waals surface area contributed by atoms with Crippen LogP contribution in [0.4, 0.5) is 17.6 Å². The average molecular weight is 270 g/mol. The van der Waals surface area contributed by atoms with Crippen molar-refractivity contribution in [1.82, 2.24) is 9.97 Å². The van der Waals surface area contributed by atoms with Gasteiger partial charge in [-0.15, -0.1) is 0 Å². The third-order valence-corrected chi connectivity index (χ3v) is 2.36. The molecule has 0 amide bonds. The van der Waals surface area contributed by atoms with Crippen molar-refractivity contribution >= 4 is 5.78 Å². The van der Waals surface area contributed by atoms with E-state index in [4.69, 9.17) is 0 Å². The highest BCUT2D eigenvalue weighted by molar-refractivity contribution is 6.08. The Balaban J connectivity index is 2.45. The van der Waals surface area contributed by atoms with Crippen LogP contribution >= 0.6 is 0 Å². The molecule has 0 unspecified atom stereocenters. The molecule has 0 aliphatic carbocycles. The number of ketones is 1. The normalized spacial score (nSPS) is 11.4. The van der Waals surface area contributed by atoms with Gasteiger partial charge in [0.25, 0.3) is 0 Å². The quantitative estimate of drug-likeness (QED) is 0.622. The molecule has 0 atom stereocenters. The third kappa shape index (κ3) is 2.75. The molecule has 0 N–H and O–H groups in total. The van der Waals surface area contributed by atoms with E-state index in [1.807, 2.05) is 0 Å². The molecule has 2 aromatic rings. The number of hydrogen-bond acceptors (Lipinski definition) is 3. The number of nitrogens with zero attached hydrogens (tertiary/aromatic N) is 2. The van der Waals surface area contributed by atoms with E-state index in [2.05, 4.69) is 9.97 Å². The first-order valence-electron chi connectivity index (χ1n) is 5.06. The Hall–Kier alpha value is -2.31. The van der Waals surface area contributed by atoms with Crippen molar-refractivity contribution in [2.45, 2.75) is 6.18 Å². The summed E-state index contributed by atoms with van der Waals surface area (Å²) in [5.41, 5.74) is -1.72. The highest BCUT2D eigenvalue weighted by Crippen LogP contribution is 2.32. The first-order chi connectivity index (χ1) is 8.89. The summed E-state index contributed by atoms with van der Waals surface area (Å²) in [4.78, 5) is 19.1. The Morgan fingerprint density at radius 1 is 1.05 bits per heavy atom. The zero-order chi connectivity index (χ0) is 14.0. The minimum atomic E-state index is -4.85. The Kier molecular flexibility index (Phi) is 3.28. The summed E-state index contributed by atoms with van der Waals surface area (Å²) in [5.74, 6) is -2.13. The summed E-state index contributed by atoms with van der Waals surface area (Å²) in [6.07, 6.45) is -1.33. The number of aromatic nitrogens is 2. The minimum absolute atomic E-state index is 0.0298. The Labute approximate surface area is 104 Å². The van der Waals surface area contributed by atoms with Gasteiger partial charge >= 0.3 is 6.18 Å². The molecule has 1 heterocycles. The third-order valence-electron chi connectivity index (χ3n) is 2.36. The first kappa shape index (κ1) is 13.1. The van der Waals surface area contributed by atoms with Crippen LogP contribution in [0.2, 0.25) is 0 Å². The monoisotopic (exact) mass is 270 g/mol.